The van der Waals surface area contributed by atoms with Crippen LogP contribution in [0.25, 0.3) is 0 Å². The van der Waals surface area contributed by atoms with Gasteiger partial charge in [-0.05, 0) is 20.8 Å². The van der Waals surface area contributed by atoms with Gasteiger partial charge in [0.05, 0.1) is 34.4 Å². The molecule has 0 spiro atoms. The van der Waals surface area contributed by atoms with Crippen molar-refractivity contribution < 1.29 is 24.2 Å². The first-order valence-corrected chi connectivity index (χ1v) is 7.10. The van der Waals surface area contributed by atoms with Crippen molar-refractivity contribution in [1.29, 1.82) is 0 Å². The third-order valence-electron chi connectivity index (χ3n) is 2.45. The van der Waals surface area contributed by atoms with Crippen LogP contribution in [0.5, 0.6) is 5.88 Å². The van der Waals surface area contributed by atoms with Crippen LogP contribution in [0, 0.1) is 0 Å². The second-order valence-corrected chi connectivity index (χ2v) is 5.92. The first-order chi connectivity index (χ1) is 12.4. The number of ether oxygens (including phenoxy) is 2. The Morgan fingerprint density at radius 2 is 2.29 bits per heavy atom. The minimum atomic E-state index is -2.89. The summed E-state index contributed by atoms with van der Waals surface area (Å²) in [5, 5.41) is 13.1. The molecular weight excluding hydrogens is 292 g/mol. The van der Waals surface area contributed by atoms with Gasteiger partial charge in [0.25, 0.3) is 5.88 Å². The van der Waals surface area contributed by atoms with E-state index < -0.39 is 37.8 Å². The molecule has 1 aliphatic rings. The number of morpholine rings is 1. The van der Waals surface area contributed by atoms with Crippen LogP contribution >= 0.6 is 11.7 Å². The highest BCUT2D eigenvalue weighted by Gasteiger charge is 2.21. The molecule has 1 aliphatic heterocycles. The fourth-order valence-electron chi connectivity index (χ4n) is 1.40. The van der Waals surface area contributed by atoms with Crippen LogP contribution in [0.15, 0.2) is 0 Å². The first-order valence-electron chi connectivity index (χ1n) is 9.87. The smallest absolute Gasteiger partial charge is 0.270 e. The Morgan fingerprint density at radius 1 is 1.57 bits per heavy atom. The average Bonchev–Trinajstić information content (AvgIpc) is 2.88. The number of aromatic nitrogens is 2. The lowest BCUT2D eigenvalue weighted by Crippen LogP contribution is -2.42. The molecule has 0 unspecified atom stereocenters. The zero-order chi connectivity index (χ0) is 21.6. The topological polar surface area (TPSA) is 79.7 Å². The molecule has 0 aromatic carbocycles. The van der Waals surface area contributed by atoms with Gasteiger partial charge < -0.3 is 24.8 Å². The molecule has 1 fully saturated rings. The van der Waals surface area contributed by atoms with Gasteiger partial charge in [-0.2, -0.15) is 4.37 Å². The minimum absolute atomic E-state index is 0.0931. The summed E-state index contributed by atoms with van der Waals surface area (Å²) in [5.41, 5.74) is -0.469. The molecule has 8 heteroatoms. The number of nitrogens with zero attached hydrogens (tertiary/aromatic N) is 3. The van der Waals surface area contributed by atoms with Gasteiger partial charge in [-0.25, -0.2) is 0 Å². The second kappa shape index (κ2) is 7.35. The monoisotopic (exact) mass is 323 g/mol. The molecular formula is C13H24N4O3S. The maximum atomic E-state index is 10.3. The summed E-state index contributed by atoms with van der Waals surface area (Å²) in [7, 11) is 0. The van der Waals surface area contributed by atoms with Crippen molar-refractivity contribution in [1.82, 2.24) is 14.1 Å². The Hall–Kier alpha value is -0.960. The number of nitrogens with one attached hydrogen (secondary N) is 1. The molecule has 2 N–H and O–H groups in total. The predicted molar refractivity (Wildman–Crippen MR) is 82.2 cm³/mol. The molecule has 2 rings (SSSR count). The molecule has 0 saturated carbocycles. The van der Waals surface area contributed by atoms with Crippen molar-refractivity contribution in [2.24, 2.45) is 0 Å². The van der Waals surface area contributed by atoms with Crippen molar-refractivity contribution in [3.05, 3.63) is 0 Å². The molecule has 120 valence electrons. The summed E-state index contributed by atoms with van der Waals surface area (Å²) >= 11 is 0.652. The molecule has 1 saturated heterocycles. The molecule has 0 bridgehead atoms. The van der Waals surface area contributed by atoms with Crippen molar-refractivity contribution in [2.45, 2.75) is 32.4 Å². The average molecular weight is 323 g/mol. The molecule has 0 aliphatic carbocycles. The number of hydrogen-bond acceptors (Lipinski definition) is 8. The highest BCUT2D eigenvalue weighted by molar-refractivity contribution is 6.99. The van der Waals surface area contributed by atoms with E-state index in [2.05, 4.69) is 14.1 Å². The molecule has 1 atom stereocenters. The molecule has 1 aromatic rings. The minimum Gasteiger partial charge on any atom is -0.472 e. The molecule has 1 aromatic heterocycles. The maximum absolute atomic E-state index is 10.3. The molecule has 2 heterocycles. The van der Waals surface area contributed by atoms with Gasteiger partial charge in [0, 0.05) is 25.2 Å². The number of β-amino-alcohol motifs (C(OH)–C–C–N with tert-alkyl or cyclic N) is 1. The summed E-state index contributed by atoms with van der Waals surface area (Å²) in [5.74, 6) is -0.463. The Morgan fingerprint density at radius 3 is 2.95 bits per heavy atom. The molecule has 7 nitrogen and oxygen atoms in total. The summed E-state index contributed by atoms with van der Waals surface area (Å²) in [6, 6.07) is 0. The fraction of sp³-hybridized carbons (Fsp3) is 0.846. The van der Waals surface area contributed by atoms with E-state index in [0.29, 0.717) is 11.7 Å². The van der Waals surface area contributed by atoms with Gasteiger partial charge >= 0.3 is 0 Å². The van der Waals surface area contributed by atoms with Crippen LogP contribution in [0.2, 0.25) is 0 Å². The first kappa shape index (κ1) is 9.24. The molecule has 0 amide bonds. The van der Waals surface area contributed by atoms with Crippen LogP contribution in [-0.4, -0.2) is 64.8 Å². The number of hydrogen-bond donors (Lipinski definition) is 2. The van der Waals surface area contributed by atoms with Crippen LogP contribution in [-0.2, 0) is 4.74 Å². The van der Waals surface area contributed by atoms with Gasteiger partial charge in [-0.3, -0.25) is 0 Å². The van der Waals surface area contributed by atoms with E-state index in [1.807, 2.05) is 0 Å². The maximum Gasteiger partial charge on any atom is 0.270 e. The van der Waals surface area contributed by atoms with E-state index in [-0.39, 0.29) is 24.8 Å². The van der Waals surface area contributed by atoms with Crippen molar-refractivity contribution in [3.8, 4) is 5.88 Å². The van der Waals surface area contributed by atoms with Crippen molar-refractivity contribution in [2.75, 3.05) is 44.2 Å². The quantitative estimate of drug-likeness (QED) is 0.789. The van der Waals surface area contributed by atoms with Crippen LogP contribution < -0.4 is 15.0 Å². The summed E-state index contributed by atoms with van der Waals surface area (Å²) < 4.78 is 72.4. The lowest BCUT2D eigenvalue weighted by Gasteiger charge is -2.27. The highest BCUT2D eigenvalue weighted by atomic mass is 32.1. The largest absolute Gasteiger partial charge is 0.472 e. The van der Waals surface area contributed by atoms with Gasteiger partial charge in [-0.15, -0.1) is 4.37 Å². The zero-order valence-electron chi connectivity index (χ0n) is 19.1. The predicted octanol–water partition coefficient (Wildman–Crippen LogP) is 0.502. The third kappa shape index (κ3) is 5.39. The van der Waals surface area contributed by atoms with Crippen molar-refractivity contribution >= 4 is 17.5 Å². The van der Waals surface area contributed by atoms with Gasteiger partial charge in [-0.1, -0.05) is 0 Å². The fourth-order valence-corrected chi connectivity index (χ4v) is 1.91. The van der Waals surface area contributed by atoms with Crippen molar-refractivity contribution in [3.63, 3.8) is 0 Å². The Bertz CT molecular complexity index is 680. The summed E-state index contributed by atoms with van der Waals surface area (Å²) in [4.78, 5) is 1.19. The molecule has 0 radical (unpaired) electrons. The van der Waals surface area contributed by atoms with E-state index in [1.165, 1.54) is 4.90 Å². The van der Waals surface area contributed by atoms with E-state index in [9.17, 15) is 5.11 Å². The number of anilines is 1. The van der Waals surface area contributed by atoms with Gasteiger partial charge in [0.1, 0.15) is 12.6 Å². The van der Waals surface area contributed by atoms with Gasteiger partial charge in [0.2, 0.25) is 5.82 Å². The van der Waals surface area contributed by atoms with E-state index in [4.69, 9.17) is 19.1 Å². The zero-order valence-corrected chi connectivity index (χ0v) is 13.0. The van der Waals surface area contributed by atoms with E-state index in [0.717, 1.165) is 0 Å². The second-order valence-electron chi connectivity index (χ2n) is 5.39. The SMILES string of the molecule is [2H]C1([2H])CN(c2nsnc2OC([2H])([2H])[C@]([2H])(O)CNC(C)(C)C)CC([2H])([2H])O1. The lowest BCUT2D eigenvalue weighted by molar-refractivity contribution is 0.0975. The van der Waals surface area contributed by atoms with E-state index in [1.54, 1.807) is 20.8 Å². The van der Waals surface area contributed by atoms with Crippen LogP contribution in [0.4, 0.5) is 5.82 Å². The number of rotatable bonds is 6. The number of aliphatic hydroxyl groups is 1. The van der Waals surface area contributed by atoms with Crippen LogP contribution in [0.1, 0.15) is 30.4 Å². The third-order valence-corrected chi connectivity index (χ3v) is 2.95. The summed E-state index contributed by atoms with van der Waals surface area (Å²) in [6.07, 6.45) is -2.67. The van der Waals surface area contributed by atoms with E-state index >= 15 is 0 Å². The Balaban J connectivity index is 2.21. The standard InChI is InChI=1S/C13H24N4O3S/c1-13(2,3)14-8-10(18)9-20-12-11(15-21-16-12)17-4-6-19-7-5-17/h10,14,18H,4-9H2,1-3H3/t10-/m1/s1/i6D2,7D2,9D2,10D. The normalized spacial score (nSPS) is 29.7. The highest BCUT2D eigenvalue weighted by Crippen LogP contribution is 2.26. The Labute approximate surface area is 139 Å². The van der Waals surface area contributed by atoms with Gasteiger partial charge in [0.15, 0.2) is 0 Å². The molecule has 21 heavy (non-hydrogen) atoms. The van der Waals surface area contributed by atoms with Crippen LogP contribution in [0.3, 0.4) is 0 Å². The summed E-state index contributed by atoms with van der Waals surface area (Å²) in [6.45, 7) is -3.32. The lowest BCUT2D eigenvalue weighted by atomic mass is 10.1. The Kier molecular flexibility index (Phi) is 3.23.